The van der Waals surface area contributed by atoms with Crippen LogP contribution >= 0.6 is 0 Å². The van der Waals surface area contributed by atoms with E-state index in [0.29, 0.717) is 13.0 Å². The zero-order chi connectivity index (χ0) is 19.2. The van der Waals surface area contributed by atoms with E-state index in [-0.39, 0.29) is 12.0 Å². The molecule has 0 saturated heterocycles. The maximum atomic E-state index is 12.9. The van der Waals surface area contributed by atoms with Crippen molar-refractivity contribution in [1.29, 1.82) is 0 Å². The van der Waals surface area contributed by atoms with Crippen LogP contribution in [0.4, 0.5) is 5.69 Å². The number of fused-ring (bicyclic) bond motifs is 3. The van der Waals surface area contributed by atoms with Crippen molar-refractivity contribution < 1.29 is 9.53 Å². The lowest BCUT2D eigenvalue weighted by molar-refractivity contribution is -0.166. The Balaban J connectivity index is 1.54. The molecule has 0 spiro atoms. The van der Waals surface area contributed by atoms with Crippen molar-refractivity contribution in [2.45, 2.75) is 71.1 Å². The van der Waals surface area contributed by atoms with Crippen molar-refractivity contribution in [2.24, 2.45) is 11.1 Å². The summed E-state index contributed by atoms with van der Waals surface area (Å²) in [5, 5.41) is 3.02. The highest BCUT2D eigenvalue weighted by Crippen LogP contribution is 2.50. The van der Waals surface area contributed by atoms with Crippen molar-refractivity contribution in [2.75, 3.05) is 11.9 Å². The molecule has 3 N–H and O–H groups in total. The summed E-state index contributed by atoms with van der Waals surface area (Å²) >= 11 is 0. The zero-order valence-corrected chi connectivity index (χ0v) is 16.5. The molecule has 1 fully saturated rings. The van der Waals surface area contributed by atoms with E-state index in [1.165, 1.54) is 19.3 Å². The molecule has 1 aromatic heterocycles. The number of anilines is 1. The predicted octanol–water partition coefficient (Wildman–Crippen LogP) is 3.23. The summed E-state index contributed by atoms with van der Waals surface area (Å²) in [6, 6.07) is 5.98. The van der Waals surface area contributed by atoms with Gasteiger partial charge in [0.25, 0.3) is 0 Å². The molecule has 2 aromatic rings. The molecule has 1 aliphatic carbocycles. The molecule has 6 nitrogen and oxygen atoms in total. The van der Waals surface area contributed by atoms with E-state index in [4.69, 9.17) is 15.5 Å². The smallest absolute Gasteiger partial charge is 0.245 e. The lowest BCUT2D eigenvalue weighted by Crippen LogP contribution is -2.74. The van der Waals surface area contributed by atoms with E-state index in [0.717, 1.165) is 35.5 Å². The van der Waals surface area contributed by atoms with E-state index in [9.17, 15) is 4.79 Å². The molecule has 2 aliphatic rings. The fraction of sp³-hybridized carbons (Fsp3) is 0.619. The van der Waals surface area contributed by atoms with Gasteiger partial charge in [-0.15, -0.1) is 0 Å². The van der Waals surface area contributed by atoms with Crippen LogP contribution in [-0.2, 0) is 22.5 Å². The number of amides is 1. The quantitative estimate of drug-likeness (QED) is 0.866. The summed E-state index contributed by atoms with van der Waals surface area (Å²) in [4.78, 5) is 17.7. The summed E-state index contributed by atoms with van der Waals surface area (Å²) in [6.07, 6.45) is 5.23. The molecule has 0 bridgehead atoms. The standard InChI is InChI=1S/C21H30N4O2/c1-4-27-17-13-21(22,20(17,2)3)19(26)23-14-9-10-16-15(12-14)24-18-8-6-5-7-11-25(16)18/h9-10,12,17H,4-8,11,13,22H2,1-3H3,(H,23,26). The second-order valence-electron chi connectivity index (χ2n) is 8.49. The Bertz CT molecular complexity index is 872. The second kappa shape index (κ2) is 6.60. The van der Waals surface area contributed by atoms with Crippen molar-refractivity contribution >= 4 is 22.6 Å². The SMILES string of the molecule is CCOC1CC(N)(C(=O)Nc2ccc3c(c2)nc2n3CCCCC2)C1(C)C. The van der Waals surface area contributed by atoms with Crippen LogP contribution in [0.25, 0.3) is 11.0 Å². The number of imidazole rings is 1. The number of rotatable bonds is 4. The van der Waals surface area contributed by atoms with Gasteiger partial charge in [0.2, 0.25) is 5.91 Å². The fourth-order valence-electron chi connectivity index (χ4n) is 4.49. The van der Waals surface area contributed by atoms with Crippen LogP contribution in [0.2, 0.25) is 0 Å². The molecule has 2 atom stereocenters. The number of nitrogens with two attached hydrogens (primary N) is 1. The number of carbonyl (C=O) groups is 1. The highest BCUT2D eigenvalue weighted by molar-refractivity contribution is 6.00. The third kappa shape index (κ3) is 2.86. The Hall–Kier alpha value is -1.92. The monoisotopic (exact) mass is 370 g/mol. The van der Waals surface area contributed by atoms with E-state index in [2.05, 4.69) is 16.0 Å². The number of nitrogens with zero attached hydrogens (tertiary/aromatic N) is 2. The molecule has 2 unspecified atom stereocenters. The average molecular weight is 370 g/mol. The van der Waals surface area contributed by atoms with Crippen LogP contribution in [0.3, 0.4) is 0 Å². The predicted molar refractivity (Wildman–Crippen MR) is 107 cm³/mol. The topological polar surface area (TPSA) is 82.2 Å². The lowest BCUT2D eigenvalue weighted by Gasteiger charge is -2.57. The highest BCUT2D eigenvalue weighted by atomic mass is 16.5. The third-order valence-electron chi connectivity index (χ3n) is 6.60. The first kappa shape index (κ1) is 18.4. The molecular weight excluding hydrogens is 340 g/mol. The van der Waals surface area contributed by atoms with Crippen LogP contribution in [-0.4, -0.2) is 33.7 Å². The van der Waals surface area contributed by atoms with Gasteiger partial charge < -0.3 is 20.4 Å². The van der Waals surface area contributed by atoms with Gasteiger partial charge in [0.05, 0.1) is 17.1 Å². The first-order valence-corrected chi connectivity index (χ1v) is 10.1. The maximum absolute atomic E-state index is 12.9. The van der Waals surface area contributed by atoms with Gasteiger partial charge in [-0.05, 0) is 38.0 Å². The number of hydrogen-bond donors (Lipinski definition) is 2. The Labute approximate surface area is 160 Å². The minimum atomic E-state index is -0.923. The molecule has 2 heterocycles. The number of hydrogen-bond acceptors (Lipinski definition) is 4. The Kier molecular flexibility index (Phi) is 4.51. The minimum absolute atomic E-state index is 0.0181. The molecule has 1 aliphatic heterocycles. The van der Waals surface area contributed by atoms with Crippen LogP contribution in [0.5, 0.6) is 0 Å². The van der Waals surface area contributed by atoms with Gasteiger partial charge >= 0.3 is 0 Å². The van der Waals surface area contributed by atoms with Gasteiger partial charge in [0.15, 0.2) is 0 Å². The fourth-order valence-corrected chi connectivity index (χ4v) is 4.49. The Morgan fingerprint density at radius 2 is 2.19 bits per heavy atom. The van der Waals surface area contributed by atoms with E-state index >= 15 is 0 Å². The number of nitrogens with one attached hydrogen (secondary N) is 1. The number of benzene rings is 1. The zero-order valence-electron chi connectivity index (χ0n) is 16.5. The van der Waals surface area contributed by atoms with E-state index in [1.807, 2.05) is 32.9 Å². The van der Waals surface area contributed by atoms with Crippen molar-refractivity contribution in [3.63, 3.8) is 0 Å². The summed E-state index contributed by atoms with van der Waals surface area (Å²) in [6.45, 7) is 7.64. The van der Waals surface area contributed by atoms with Crippen LogP contribution < -0.4 is 11.1 Å². The van der Waals surface area contributed by atoms with Gasteiger partial charge in [-0.1, -0.05) is 20.3 Å². The van der Waals surface area contributed by atoms with Crippen LogP contribution in [0.1, 0.15) is 52.3 Å². The maximum Gasteiger partial charge on any atom is 0.245 e. The molecule has 1 saturated carbocycles. The number of aromatic nitrogens is 2. The summed E-state index contributed by atoms with van der Waals surface area (Å²) < 4.78 is 8.05. The lowest BCUT2D eigenvalue weighted by atomic mass is 9.54. The summed E-state index contributed by atoms with van der Waals surface area (Å²) in [5.74, 6) is 1.00. The van der Waals surface area contributed by atoms with Gasteiger partial charge in [0, 0.05) is 37.1 Å². The largest absolute Gasteiger partial charge is 0.378 e. The summed E-state index contributed by atoms with van der Waals surface area (Å²) in [5.41, 5.74) is 8.00. The average Bonchev–Trinajstić information content (AvgIpc) is 2.81. The van der Waals surface area contributed by atoms with Crippen molar-refractivity contribution in [1.82, 2.24) is 9.55 Å². The number of carbonyl (C=O) groups excluding carboxylic acids is 1. The molecule has 146 valence electrons. The van der Waals surface area contributed by atoms with E-state index < -0.39 is 11.0 Å². The normalized spacial score (nSPS) is 26.9. The molecule has 1 aromatic carbocycles. The van der Waals surface area contributed by atoms with Crippen molar-refractivity contribution in [3.05, 3.63) is 24.0 Å². The first-order chi connectivity index (χ1) is 12.9. The number of aryl methyl sites for hydroxylation is 2. The summed E-state index contributed by atoms with van der Waals surface area (Å²) in [7, 11) is 0. The van der Waals surface area contributed by atoms with Crippen molar-refractivity contribution in [3.8, 4) is 0 Å². The Morgan fingerprint density at radius 1 is 1.37 bits per heavy atom. The molecule has 0 radical (unpaired) electrons. The Morgan fingerprint density at radius 3 is 2.93 bits per heavy atom. The molecule has 27 heavy (non-hydrogen) atoms. The molecule has 1 amide bonds. The first-order valence-electron chi connectivity index (χ1n) is 10.1. The van der Waals surface area contributed by atoms with Gasteiger partial charge in [-0.2, -0.15) is 0 Å². The van der Waals surface area contributed by atoms with E-state index in [1.54, 1.807) is 0 Å². The second-order valence-corrected chi connectivity index (χ2v) is 8.49. The number of ether oxygens (including phenoxy) is 1. The van der Waals surface area contributed by atoms with Crippen LogP contribution in [0, 0.1) is 5.41 Å². The highest BCUT2D eigenvalue weighted by Gasteiger charge is 2.62. The van der Waals surface area contributed by atoms with Gasteiger partial charge in [0.1, 0.15) is 11.4 Å². The molecule has 6 heteroatoms. The van der Waals surface area contributed by atoms with Gasteiger partial charge in [-0.25, -0.2) is 4.98 Å². The molecular formula is C21H30N4O2. The third-order valence-corrected chi connectivity index (χ3v) is 6.60. The van der Waals surface area contributed by atoms with Crippen LogP contribution in [0.15, 0.2) is 18.2 Å². The minimum Gasteiger partial charge on any atom is -0.378 e. The van der Waals surface area contributed by atoms with Gasteiger partial charge in [-0.3, -0.25) is 4.79 Å². The molecule has 4 rings (SSSR count).